The summed E-state index contributed by atoms with van der Waals surface area (Å²) in [5.74, 6) is -0.286. The first-order valence-corrected chi connectivity index (χ1v) is 10.5. The molecule has 1 unspecified atom stereocenters. The minimum atomic E-state index is -0.364. The fourth-order valence-corrected chi connectivity index (χ4v) is 4.39. The van der Waals surface area contributed by atoms with Crippen LogP contribution < -0.4 is 10.2 Å². The summed E-state index contributed by atoms with van der Waals surface area (Å²) in [5, 5.41) is 3.07. The molecule has 2 aliphatic rings. The van der Waals surface area contributed by atoms with E-state index in [1.54, 1.807) is 21.9 Å². The zero-order chi connectivity index (χ0) is 20.4. The van der Waals surface area contributed by atoms with Gasteiger partial charge >= 0.3 is 0 Å². The van der Waals surface area contributed by atoms with E-state index < -0.39 is 0 Å². The van der Waals surface area contributed by atoms with Crippen molar-refractivity contribution in [2.24, 2.45) is 5.92 Å². The molecule has 1 atom stereocenters. The van der Waals surface area contributed by atoms with Crippen molar-refractivity contribution in [1.82, 2.24) is 10.2 Å². The van der Waals surface area contributed by atoms with E-state index in [1.165, 1.54) is 6.26 Å². The van der Waals surface area contributed by atoms with Crippen LogP contribution in [0.25, 0.3) is 0 Å². The number of anilines is 1. The van der Waals surface area contributed by atoms with E-state index in [1.807, 2.05) is 24.3 Å². The molecule has 0 bridgehead atoms. The standard InChI is InChI=1S/C21H22BrN3O4/c22-16-4-1-2-5-17(16)25-13-14(12-19(25)26)20(27)23-15-7-9-24(10-8-15)21(28)18-6-3-11-29-18/h1-6,11,14-15H,7-10,12-13H2,(H,23,27). The number of furan rings is 1. The van der Waals surface area contributed by atoms with Gasteiger partial charge in [-0.05, 0) is 53.0 Å². The van der Waals surface area contributed by atoms with Gasteiger partial charge < -0.3 is 19.5 Å². The molecule has 8 heteroatoms. The molecular weight excluding hydrogens is 438 g/mol. The van der Waals surface area contributed by atoms with Crippen molar-refractivity contribution in [1.29, 1.82) is 0 Å². The number of amides is 3. The SMILES string of the molecule is O=C(NC1CCN(C(=O)c2ccco2)CC1)C1CC(=O)N(c2ccccc2Br)C1. The molecule has 7 nitrogen and oxygen atoms in total. The van der Waals surface area contributed by atoms with Crippen molar-refractivity contribution in [3.63, 3.8) is 0 Å². The summed E-state index contributed by atoms with van der Waals surface area (Å²) in [6, 6.07) is 10.9. The second-order valence-electron chi connectivity index (χ2n) is 7.41. The van der Waals surface area contributed by atoms with Crippen molar-refractivity contribution in [2.75, 3.05) is 24.5 Å². The third-order valence-corrected chi connectivity index (χ3v) is 6.17. The molecule has 0 saturated carbocycles. The molecule has 2 saturated heterocycles. The maximum Gasteiger partial charge on any atom is 0.289 e. The Kier molecular flexibility index (Phi) is 5.71. The van der Waals surface area contributed by atoms with Crippen molar-refractivity contribution < 1.29 is 18.8 Å². The molecule has 3 amide bonds. The summed E-state index contributed by atoms with van der Waals surface area (Å²) >= 11 is 3.47. The van der Waals surface area contributed by atoms with Crippen LogP contribution in [-0.4, -0.2) is 48.3 Å². The number of hydrogen-bond acceptors (Lipinski definition) is 4. The normalized spacial score (nSPS) is 20.2. The molecule has 2 aliphatic heterocycles. The number of nitrogens with zero attached hydrogens (tertiary/aromatic N) is 2. The molecule has 2 fully saturated rings. The highest BCUT2D eigenvalue weighted by atomic mass is 79.9. The third kappa shape index (κ3) is 4.22. The summed E-state index contributed by atoms with van der Waals surface area (Å²) < 4.78 is 6.01. The quantitative estimate of drug-likeness (QED) is 0.761. The molecular formula is C21H22BrN3O4. The highest BCUT2D eigenvalue weighted by Gasteiger charge is 2.37. The highest BCUT2D eigenvalue weighted by Crippen LogP contribution is 2.31. The molecule has 1 aromatic carbocycles. The van der Waals surface area contributed by atoms with Gasteiger partial charge in [-0.3, -0.25) is 14.4 Å². The largest absolute Gasteiger partial charge is 0.459 e. The molecule has 0 spiro atoms. The molecule has 4 rings (SSSR count). The average Bonchev–Trinajstić information content (AvgIpc) is 3.39. The minimum Gasteiger partial charge on any atom is -0.459 e. The van der Waals surface area contributed by atoms with Crippen LogP contribution in [-0.2, 0) is 9.59 Å². The molecule has 0 radical (unpaired) electrons. The highest BCUT2D eigenvalue weighted by molar-refractivity contribution is 9.10. The number of likely N-dealkylation sites (tertiary alicyclic amines) is 1. The maximum atomic E-state index is 12.7. The van der Waals surface area contributed by atoms with Crippen LogP contribution in [0.5, 0.6) is 0 Å². The van der Waals surface area contributed by atoms with E-state index >= 15 is 0 Å². The second kappa shape index (κ2) is 8.41. The van der Waals surface area contributed by atoms with E-state index in [4.69, 9.17) is 4.42 Å². The third-order valence-electron chi connectivity index (χ3n) is 5.50. The fraction of sp³-hybridized carbons (Fsp3) is 0.381. The van der Waals surface area contributed by atoms with E-state index in [2.05, 4.69) is 21.2 Å². The van der Waals surface area contributed by atoms with Crippen molar-refractivity contribution in [3.8, 4) is 0 Å². The monoisotopic (exact) mass is 459 g/mol. The van der Waals surface area contributed by atoms with E-state index in [-0.39, 0.29) is 36.1 Å². The zero-order valence-electron chi connectivity index (χ0n) is 15.8. The Hall–Kier alpha value is -2.61. The van der Waals surface area contributed by atoms with Crippen molar-refractivity contribution >= 4 is 39.3 Å². The molecule has 29 heavy (non-hydrogen) atoms. The van der Waals surface area contributed by atoms with Gasteiger partial charge in [-0.25, -0.2) is 0 Å². The molecule has 0 aliphatic carbocycles. The number of rotatable bonds is 4. The summed E-state index contributed by atoms with van der Waals surface area (Å²) in [6.45, 7) is 1.51. The maximum absolute atomic E-state index is 12.7. The molecule has 3 heterocycles. The van der Waals surface area contributed by atoms with Gasteiger partial charge in [-0.15, -0.1) is 0 Å². The van der Waals surface area contributed by atoms with Gasteiger partial charge in [0.1, 0.15) is 0 Å². The number of halogens is 1. The average molecular weight is 460 g/mol. The van der Waals surface area contributed by atoms with Crippen LogP contribution in [0.2, 0.25) is 0 Å². The van der Waals surface area contributed by atoms with Crippen LogP contribution in [0, 0.1) is 5.92 Å². The Balaban J connectivity index is 1.30. The lowest BCUT2D eigenvalue weighted by Crippen LogP contribution is -2.48. The predicted molar refractivity (Wildman–Crippen MR) is 110 cm³/mol. The van der Waals surface area contributed by atoms with Crippen LogP contribution in [0.1, 0.15) is 29.8 Å². The number of para-hydroxylation sites is 1. The number of nitrogens with one attached hydrogen (secondary N) is 1. The van der Waals surface area contributed by atoms with Gasteiger partial charge in [0.2, 0.25) is 11.8 Å². The lowest BCUT2D eigenvalue weighted by molar-refractivity contribution is -0.127. The van der Waals surface area contributed by atoms with Gasteiger partial charge in [-0.2, -0.15) is 0 Å². The van der Waals surface area contributed by atoms with Gasteiger partial charge in [0.15, 0.2) is 5.76 Å². The second-order valence-corrected chi connectivity index (χ2v) is 8.26. The van der Waals surface area contributed by atoms with Crippen LogP contribution >= 0.6 is 15.9 Å². The Morgan fingerprint density at radius 2 is 1.86 bits per heavy atom. The minimum absolute atomic E-state index is 0.00997. The molecule has 152 valence electrons. The van der Waals surface area contributed by atoms with E-state index in [0.717, 1.165) is 10.2 Å². The molecule has 2 aromatic rings. The summed E-state index contributed by atoms with van der Waals surface area (Å²) in [7, 11) is 0. The first-order chi connectivity index (χ1) is 14.0. The van der Waals surface area contributed by atoms with E-state index in [9.17, 15) is 14.4 Å². The topological polar surface area (TPSA) is 82.9 Å². The van der Waals surface area contributed by atoms with Crippen LogP contribution in [0.15, 0.2) is 51.6 Å². The Bertz CT molecular complexity index is 906. The smallest absolute Gasteiger partial charge is 0.289 e. The van der Waals surface area contributed by atoms with Gasteiger partial charge in [0.05, 0.1) is 17.9 Å². The Labute approximate surface area is 177 Å². The Morgan fingerprint density at radius 3 is 2.55 bits per heavy atom. The van der Waals surface area contributed by atoms with Gasteiger partial charge in [0, 0.05) is 36.6 Å². The van der Waals surface area contributed by atoms with Crippen molar-refractivity contribution in [3.05, 3.63) is 52.9 Å². The molecule has 1 N–H and O–H groups in total. The fourth-order valence-electron chi connectivity index (χ4n) is 3.89. The van der Waals surface area contributed by atoms with Crippen LogP contribution in [0.4, 0.5) is 5.69 Å². The number of carbonyl (C=O) groups is 3. The predicted octanol–water partition coefficient (Wildman–Crippen LogP) is 2.82. The van der Waals surface area contributed by atoms with E-state index in [0.29, 0.717) is 38.2 Å². The summed E-state index contributed by atoms with van der Waals surface area (Å²) in [5.41, 5.74) is 0.789. The number of carbonyl (C=O) groups excluding carboxylic acids is 3. The first-order valence-electron chi connectivity index (χ1n) is 9.71. The summed E-state index contributed by atoms with van der Waals surface area (Å²) in [4.78, 5) is 40.9. The Morgan fingerprint density at radius 1 is 1.10 bits per heavy atom. The molecule has 1 aromatic heterocycles. The number of piperidine rings is 1. The summed E-state index contributed by atoms with van der Waals surface area (Å²) in [6.07, 6.45) is 3.07. The number of benzene rings is 1. The van der Waals surface area contributed by atoms with Crippen LogP contribution in [0.3, 0.4) is 0 Å². The van der Waals surface area contributed by atoms with Crippen molar-refractivity contribution in [2.45, 2.75) is 25.3 Å². The number of hydrogen-bond donors (Lipinski definition) is 1. The lowest BCUT2D eigenvalue weighted by atomic mass is 10.0. The lowest BCUT2D eigenvalue weighted by Gasteiger charge is -2.32. The van der Waals surface area contributed by atoms with Gasteiger partial charge in [-0.1, -0.05) is 12.1 Å². The van der Waals surface area contributed by atoms with Gasteiger partial charge in [0.25, 0.3) is 5.91 Å². The zero-order valence-corrected chi connectivity index (χ0v) is 17.4. The first kappa shape index (κ1) is 19.7.